The van der Waals surface area contributed by atoms with Crippen LogP contribution in [0.4, 0.5) is 4.79 Å². The van der Waals surface area contributed by atoms with Crippen LogP contribution in [0.1, 0.15) is 42.4 Å². The van der Waals surface area contributed by atoms with Crippen LogP contribution in [0.15, 0.2) is 70.0 Å². The highest BCUT2D eigenvalue weighted by Gasteiger charge is 2.37. The van der Waals surface area contributed by atoms with Crippen LogP contribution in [0.5, 0.6) is 0 Å². The number of hydrogen-bond acceptors (Lipinski definition) is 6. The van der Waals surface area contributed by atoms with Gasteiger partial charge in [-0.3, -0.25) is 14.1 Å². The van der Waals surface area contributed by atoms with Crippen LogP contribution in [0.3, 0.4) is 0 Å². The van der Waals surface area contributed by atoms with Crippen molar-refractivity contribution >= 4 is 17.8 Å². The molecule has 3 rings (SSSR count). The van der Waals surface area contributed by atoms with Crippen molar-refractivity contribution < 1.29 is 28.4 Å². The SMILES string of the molecule is CC(C)(C)OC(=O)NCC(=O)N(Cc1ccccc1)[n+]1[nH]oc(=O)c1C(=O)c1ccccc1. The topological polar surface area (TPSA) is 126 Å². The van der Waals surface area contributed by atoms with E-state index in [0.717, 1.165) is 15.4 Å². The van der Waals surface area contributed by atoms with Crippen LogP contribution in [-0.2, 0) is 16.1 Å². The predicted molar refractivity (Wildman–Crippen MR) is 117 cm³/mol. The lowest BCUT2D eigenvalue weighted by Crippen LogP contribution is -2.66. The first-order valence-electron chi connectivity index (χ1n) is 10.2. The number of alkyl carbamates (subject to hydrolysis) is 1. The van der Waals surface area contributed by atoms with E-state index in [2.05, 4.69) is 10.6 Å². The van der Waals surface area contributed by atoms with E-state index in [4.69, 9.17) is 9.26 Å². The molecule has 0 fully saturated rings. The number of ketones is 1. The molecule has 0 aliphatic rings. The number of H-pyrrole nitrogens is 1. The van der Waals surface area contributed by atoms with Gasteiger partial charge in [0.1, 0.15) is 18.7 Å². The van der Waals surface area contributed by atoms with Gasteiger partial charge in [-0.2, -0.15) is 0 Å². The minimum Gasteiger partial charge on any atom is -0.444 e. The Morgan fingerprint density at radius 1 is 1.03 bits per heavy atom. The minimum atomic E-state index is -0.935. The zero-order chi connectivity index (χ0) is 24.0. The summed E-state index contributed by atoms with van der Waals surface area (Å²) in [6.45, 7) is 4.64. The average molecular weight is 453 g/mol. The fourth-order valence-corrected chi connectivity index (χ4v) is 2.93. The fourth-order valence-electron chi connectivity index (χ4n) is 2.93. The van der Waals surface area contributed by atoms with Crippen molar-refractivity contribution in [2.24, 2.45) is 0 Å². The minimum absolute atomic E-state index is 0.00905. The molecule has 0 saturated heterocycles. The second kappa shape index (κ2) is 9.94. The van der Waals surface area contributed by atoms with Crippen LogP contribution in [0.2, 0.25) is 0 Å². The highest BCUT2D eigenvalue weighted by atomic mass is 16.6. The van der Waals surface area contributed by atoms with Gasteiger partial charge in [0.25, 0.3) is 11.7 Å². The molecule has 0 spiro atoms. The summed E-state index contributed by atoms with van der Waals surface area (Å²) in [4.78, 5) is 51.5. The first-order chi connectivity index (χ1) is 15.7. The van der Waals surface area contributed by atoms with Crippen molar-refractivity contribution in [3.8, 4) is 0 Å². The maximum atomic E-state index is 13.1. The van der Waals surface area contributed by atoms with Gasteiger partial charge in [-0.15, -0.1) is 0 Å². The third-order valence-electron chi connectivity index (χ3n) is 4.37. The molecule has 10 nitrogen and oxygen atoms in total. The van der Waals surface area contributed by atoms with Crippen molar-refractivity contribution in [1.82, 2.24) is 10.6 Å². The van der Waals surface area contributed by atoms with Crippen molar-refractivity contribution in [2.45, 2.75) is 32.9 Å². The number of aromatic nitrogens is 2. The fraction of sp³-hybridized carbons (Fsp3) is 0.261. The first-order valence-corrected chi connectivity index (χ1v) is 10.2. The molecule has 0 saturated carbocycles. The Balaban J connectivity index is 1.92. The van der Waals surface area contributed by atoms with Crippen LogP contribution in [0.25, 0.3) is 0 Å². The lowest BCUT2D eigenvalue weighted by Gasteiger charge is -2.20. The molecule has 10 heteroatoms. The monoisotopic (exact) mass is 453 g/mol. The summed E-state index contributed by atoms with van der Waals surface area (Å²) in [5.41, 5.74) is -1.10. The van der Waals surface area contributed by atoms with Gasteiger partial charge in [-0.25, -0.2) is 9.59 Å². The van der Waals surface area contributed by atoms with Gasteiger partial charge in [-0.05, 0) is 26.3 Å². The number of nitrogens with one attached hydrogen (secondary N) is 2. The van der Waals surface area contributed by atoms with Crippen molar-refractivity contribution in [3.63, 3.8) is 0 Å². The lowest BCUT2D eigenvalue weighted by atomic mass is 10.1. The van der Waals surface area contributed by atoms with Crippen LogP contribution in [0, 0.1) is 0 Å². The van der Waals surface area contributed by atoms with E-state index in [1.54, 1.807) is 75.4 Å². The number of ether oxygens (including phenoxy) is 1. The highest BCUT2D eigenvalue weighted by Crippen LogP contribution is 2.07. The van der Waals surface area contributed by atoms with E-state index in [0.29, 0.717) is 0 Å². The molecular weight excluding hydrogens is 428 g/mol. The molecule has 1 heterocycles. The van der Waals surface area contributed by atoms with Crippen molar-refractivity contribution in [2.75, 3.05) is 11.6 Å². The Kier molecular flexibility index (Phi) is 7.07. The molecule has 0 bridgehead atoms. The van der Waals surface area contributed by atoms with Gasteiger partial charge >= 0.3 is 17.4 Å². The van der Waals surface area contributed by atoms with E-state index in [1.165, 1.54) is 0 Å². The summed E-state index contributed by atoms with van der Waals surface area (Å²) < 4.78 is 10.0. The summed E-state index contributed by atoms with van der Waals surface area (Å²) in [6, 6.07) is 17.1. The number of rotatable bonds is 7. The molecule has 1 aromatic heterocycles. The van der Waals surface area contributed by atoms with Gasteiger partial charge < -0.3 is 10.1 Å². The largest absolute Gasteiger partial charge is 0.444 e. The quantitative estimate of drug-likeness (QED) is 0.414. The average Bonchev–Trinajstić information content (AvgIpc) is 3.16. The molecule has 2 amide bonds. The Morgan fingerprint density at radius 3 is 2.24 bits per heavy atom. The third-order valence-corrected chi connectivity index (χ3v) is 4.37. The molecular formula is C23H25N4O6+. The number of amides is 2. The Hall–Kier alpha value is -4.21. The van der Waals surface area contributed by atoms with Gasteiger partial charge in [-0.1, -0.05) is 65.7 Å². The van der Waals surface area contributed by atoms with Crippen molar-refractivity contribution in [1.29, 1.82) is 0 Å². The number of nitrogens with zero attached hydrogens (tertiary/aromatic N) is 2. The van der Waals surface area contributed by atoms with E-state index in [9.17, 15) is 19.2 Å². The number of benzene rings is 2. The van der Waals surface area contributed by atoms with Gasteiger partial charge in [0.15, 0.2) is 0 Å². The molecule has 0 atom stereocenters. The maximum absolute atomic E-state index is 13.1. The standard InChI is InChI=1S/C23H24N4O6/c1-23(2,3)32-22(31)24-14-18(28)26(15-16-10-6-4-7-11-16)27-19(21(30)33-25-27)20(29)17-12-8-5-9-13-17/h4-13H,14-15H2,1-3H3,(H-,24,25,29,30,31)/p+1. The molecule has 0 aliphatic heterocycles. The van der Waals surface area contributed by atoms with E-state index >= 15 is 0 Å². The van der Waals surface area contributed by atoms with Crippen LogP contribution in [-0.4, -0.2) is 35.2 Å². The molecule has 0 unspecified atom stereocenters. The number of carbonyl (C=O) groups is 3. The summed E-state index contributed by atoms with van der Waals surface area (Å²) in [5, 5.41) is 5.82. The van der Waals surface area contributed by atoms with E-state index in [-0.39, 0.29) is 17.8 Å². The van der Waals surface area contributed by atoms with Crippen LogP contribution < -0.4 is 20.7 Å². The zero-order valence-electron chi connectivity index (χ0n) is 18.5. The Bertz CT molecular complexity index is 1180. The molecule has 0 aliphatic carbocycles. The second-order valence-corrected chi connectivity index (χ2v) is 8.13. The summed E-state index contributed by atoms with van der Waals surface area (Å²) in [5.74, 6) is -1.24. The maximum Gasteiger partial charge on any atom is 0.442 e. The molecule has 172 valence electrons. The molecule has 3 aromatic rings. The van der Waals surface area contributed by atoms with E-state index in [1.807, 2.05) is 6.07 Å². The van der Waals surface area contributed by atoms with Gasteiger partial charge in [0.2, 0.25) is 0 Å². The third kappa shape index (κ3) is 6.16. The molecule has 2 N–H and O–H groups in total. The molecule has 2 aromatic carbocycles. The lowest BCUT2D eigenvalue weighted by molar-refractivity contribution is -0.752. The number of aromatic amines is 1. The smallest absolute Gasteiger partial charge is 0.442 e. The molecule has 0 radical (unpaired) electrons. The van der Waals surface area contributed by atoms with E-state index < -0.39 is 35.6 Å². The summed E-state index contributed by atoms with van der Waals surface area (Å²) in [6.07, 6.45) is -0.776. The zero-order valence-corrected chi connectivity index (χ0v) is 18.5. The summed E-state index contributed by atoms with van der Waals surface area (Å²) >= 11 is 0. The normalized spacial score (nSPS) is 11.0. The second-order valence-electron chi connectivity index (χ2n) is 8.13. The van der Waals surface area contributed by atoms with Crippen LogP contribution >= 0.6 is 0 Å². The summed E-state index contributed by atoms with van der Waals surface area (Å²) in [7, 11) is 0. The first kappa shape index (κ1) is 23.5. The Morgan fingerprint density at radius 2 is 1.64 bits per heavy atom. The highest BCUT2D eigenvalue weighted by molar-refractivity contribution is 6.06. The van der Waals surface area contributed by atoms with Gasteiger partial charge in [0.05, 0.1) is 4.79 Å². The van der Waals surface area contributed by atoms with Gasteiger partial charge in [0, 0.05) is 10.8 Å². The predicted octanol–water partition coefficient (Wildman–Crippen LogP) is 1.68. The van der Waals surface area contributed by atoms with Crippen molar-refractivity contribution in [3.05, 3.63) is 87.9 Å². The Labute approximate surface area is 189 Å². The number of carbonyl (C=O) groups excluding carboxylic acids is 3. The number of hydrogen-bond donors (Lipinski definition) is 2. The molecule has 33 heavy (non-hydrogen) atoms.